The van der Waals surface area contributed by atoms with Crippen molar-refractivity contribution in [2.45, 2.75) is 18.4 Å². The lowest BCUT2D eigenvalue weighted by Crippen LogP contribution is -2.44. The van der Waals surface area contributed by atoms with Crippen molar-refractivity contribution in [3.8, 4) is 0 Å². The third-order valence-corrected chi connectivity index (χ3v) is 6.04. The number of amides is 1. The van der Waals surface area contributed by atoms with Crippen molar-refractivity contribution in [3.05, 3.63) is 70.2 Å². The van der Waals surface area contributed by atoms with E-state index in [1.165, 1.54) is 11.1 Å². The maximum absolute atomic E-state index is 12.7. The molecular weight excluding hydrogens is 404 g/mol. The Morgan fingerprint density at radius 1 is 1.15 bits per heavy atom. The predicted molar refractivity (Wildman–Crippen MR) is 110 cm³/mol. The van der Waals surface area contributed by atoms with Gasteiger partial charge >= 0.3 is 0 Å². The van der Waals surface area contributed by atoms with Crippen LogP contribution in [-0.4, -0.2) is 43.7 Å². The maximum Gasteiger partial charge on any atom is 0.223 e. The van der Waals surface area contributed by atoms with Gasteiger partial charge in [-0.05, 0) is 35.6 Å². The molecule has 4 nitrogen and oxygen atoms in total. The molecule has 1 saturated heterocycles. The second-order valence-electron chi connectivity index (χ2n) is 7.32. The molecule has 27 heavy (non-hydrogen) atoms. The van der Waals surface area contributed by atoms with Gasteiger partial charge in [0.1, 0.15) is 0 Å². The number of halogens is 1. The maximum atomic E-state index is 12.7. The van der Waals surface area contributed by atoms with Crippen LogP contribution in [0.4, 0.5) is 0 Å². The van der Waals surface area contributed by atoms with Gasteiger partial charge in [0.2, 0.25) is 5.91 Å². The molecule has 3 unspecified atom stereocenters. The zero-order valence-electron chi connectivity index (χ0n) is 15.3. The van der Waals surface area contributed by atoms with E-state index in [-0.39, 0.29) is 17.9 Å². The molecule has 2 aliphatic rings. The fraction of sp³-hybridized carbons (Fsp3) is 0.409. The quantitative estimate of drug-likeness (QED) is 0.761. The van der Waals surface area contributed by atoms with E-state index in [1.54, 1.807) is 0 Å². The first kappa shape index (κ1) is 18.7. The lowest BCUT2D eigenvalue weighted by Gasteiger charge is -2.35. The average Bonchev–Trinajstić information content (AvgIpc) is 3.51. The smallest absolute Gasteiger partial charge is 0.223 e. The van der Waals surface area contributed by atoms with Crippen LogP contribution in [0.5, 0.6) is 0 Å². The van der Waals surface area contributed by atoms with Crippen molar-refractivity contribution in [2.24, 2.45) is 5.92 Å². The molecule has 1 aliphatic heterocycles. The summed E-state index contributed by atoms with van der Waals surface area (Å²) in [5.41, 5.74) is 2.50. The summed E-state index contributed by atoms with van der Waals surface area (Å²) in [6.45, 7) is 3.96. The molecule has 142 valence electrons. The first-order chi connectivity index (χ1) is 13.2. The van der Waals surface area contributed by atoms with E-state index >= 15 is 0 Å². The number of nitrogens with one attached hydrogen (secondary N) is 1. The van der Waals surface area contributed by atoms with Crippen molar-refractivity contribution in [1.29, 1.82) is 0 Å². The Kier molecular flexibility index (Phi) is 5.91. The number of rotatable bonds is 6. The molecule has 1 amide bonds. The number of ether oxygens (including phenoxy) is 1. The van der Waals surface area contributed by atoms with E-state index < -0.39 is 0 Å². The van der Waals surface area contributed by atoms with Crippen molar-refractivity contribution in [3.63, 3.8) is 0 Å². The lowest BCUT2D eigenvalue weighted by molar-refractivity contribution is -0.122. The molecule has 1 heterocycles. The summed E-state index contributed by atoms with van der Waals surface area (Å²) in [6.07, 6.45) is 0.940. The van der Waals surface area contributed by atoms with Gasteiger partial charge in [-0.15, -0.1) is 0 Å². The molecular formula is C22H25BrN2O2. The number of carbonyl (C=O) groups excluding carboxylic acids is 1. The third-order valence-electron chi connectivity index (χ3n) is 5.54. The van der Waals surface area contributed by atoms with Gasteiger partial charge in [-0.3, -0.25) is 9.69 Å². The van der Waals surface area contributed by atoms with Crippen LogP contribution in [0.2, 0.25) is 0 Å². The molecule has 3 atom stereocenters. The number of hydrogen-bond donors (Lipinski definition) is 1. The third kappa shape index (κ3) is 4.60. The highest BCUT2D eigenvalue weighted by Gasteiger charge is 2.44. The Bertz CT molecular complexity index is 777. The molecule has 1 saturated carbocycles. The number of carbonyl (C=O) groups is 1. The van der Waals surface area contributed by atoms with Crippen LogP contribution in [0.3, 0.4) is 0 Å². The van der Waals surface area contributed by atoms with Crippen molar-refractivity contribution < 1.29 is 9.53 Å². The monoisotopic (exact) mass is 428 g/mol. The number of morpholine rings is 1. The van der Waals surface area contributed by atoms with Crippen LogP contribution in [0.25, 0.3) is 0 Å². The Morgan fingerprint density at radius 3 is 2.67 bits per heavy atom. The van der Waals surface area contributed by atoms with Gasteiger partial charge in [-0.2, -0.15) is 0 Å². The molecule has 0 spiro atoms. The summed E-state index contributed by atoms with van der Waals surface area (Å²) < 4.78 is 6.57. The van der Waals surface area contributed by atoms with Crippen LogP contribution < -0.4 is 5.32 Å². The summed E-state index contributed by atoms with van der Waals surface area (Å²) >= 11 is 3.52. The van der Waals surface area contributed by atoms with Crippen LogP contribution >= 0.6 is 15.9 Å². The Balaban J connectivity index is 1.38. The fourth-order valence-corrected chi connectivity index (χ4v) is 4.36. The molecule has 2 aromatic carbocycles. The standard InChI is InChI=1S/C22H25BrN2O2/c23-18-8-4-7-17(13-18)19-14-20(19)22(26)24-15-21(16-5-2-1-3-6-16)25-9-11-27-12-10-25/h1-8,13,19-21H,9-12,14-15H2,(H,24,26). The molecule has 2 aromatic rings. The van der Waals surface area contributed by atoms with Gasteiger partial charge < -0.3 is 10.1 Å². The first-order valence-corrected chi connectivity index (χ1v) is 10.4. The van der Waals surface area contributed by atoms with Crippen molar-refractivity contribution >= 4 is 21.8 Å². The highest BCUT2D eigenvalue weighted by atomic mass is 79.9. The average molecular weight is 429 g/mol. The summed E-state index contributed by atoms with van der Waals surface area (Å²) in [5, 5.41) is 3.22. The van der Waals surface area contributed by atoms with E-state index in [2.05, 4.69) is 62.5 Å². The first-order valence-electron chi connectivity index (χ1n) is 9.62. The van der Waals surface area contributed by atoms with Crippen molar-refractivity contribution in [2.75, 3.05) is 32.8 Å². The molecule has 2 fully saturated rings. The molecule has 0 radical (unpaired) electrons. The highest BCUT2D eigenvalue weighted by molar-refractivity contribution is 9.10. The molecule has 1 N–H and O–H groups in total. The molecule has 0 aromatic heterocycles. The second kappa shape index (κ2) is 8.55. The normalized spacial score (nSPS) is 23.6. The zero-order valence-corrected chi connectivity index (χ0v) is 16.9. The second-order valence-corrected chi connectivity index (χ2v) is 8.24. The van der Waals surface area contributed by atoms with E-state index in [0.29, 0.717) is 12.5 Å². The van der Waals surface area contributed by atoms with E-state index in [9.17, 15) is 4.79 Å². The number of benzene rings is 2. The zero-order chi connectivity index (χ0) is 18.6. The minimum Gasteiger partial charge on any atom is -0.379 e. The lowest BCUT2D eigenvalue weighted by atomic mass is 10.0. The van der Waals surface area contributed by atoms with E-state index in [0.717, 1.165) is 37.2 Å². The van der Waals surface area contributed by atoms with Gasteiger partial charge in [0.15, 0.2) is 0 Å². The topological polar surface area (TPSA) is 41.6 Å². The number of hydrogen-bond acceptors (Lipinski definition) is 3. The van der Waals surface area contributed by atoms with Crippen LogP contribution in [-0.2, 0) is 9.53 Å². The predicted octanol–water partition coefficient (Wildman–Crippen LogP) is 3.74. The Labute approximate surface area is 169 Å². The van der Waals surface area contributed by atoms with Gasteiger partial charge in [0.05, 0.1) is 19.3 Å². The summed E-state index contributed by atoms with van der Waals surface area (Å²) in [6, 6.07) is 18.9. The van der Waals surface area contributed by atoms with Gasteiger partial charge in [0, 0.05) is 30.0 Å². The minimum absolute atomic E-state index is 0.0976. The van der Waals surface area contributed by atoms with Crippen LogP contribution in [0.15, 0.2) is 59.1 Å². The van der Waals surface area contributed by atoms with E-state index in [1.807, 2.05) is 18.2 Å². The largest absolute Gasteiger partial charge is 0.379 e. The molecule has 0 bridgehead atoms. The van der Waals surface area contributed by atoms with Crippen LogP contribution in [0, 0.1) is 5.92 Å². The van der Waals surface area contributed by atoms with Crippen LogP contribution in [0.1, 0.15) is 29.5 Å². The Hall–Kier alpha value is -1.69. The van der Waals surface area contributed by atoms with Gasteiger partial charge in [-0.1, -0.05) is 58.4 Å². The van der Waals surface area contributed by atoms with Gasteiger partial charge in [-0.25, -0.2) is 0 Å². The van der Waals surface area contributed by atoms with E-state index in [4.69, 9.17) is 4.74 Å². The van der Waals surface area contributed by atoms with Gasteiger partial charge in [0.25, 0.3) is 0 Å². The molecule has 4 rings (SSSR count). The summed E-state index contributed by atoms with van der Waals surface area (Å²) in [4.78, 5) is 15.1. The summed E-state index contributed by atoms with van der Waals surface area (Å²) in [7, 11) is 0. The highest BCUT2D eigenvalue weighted by Crippen LogP contribution is 2.48. The number of nitrogens with zero attached hydrogens (tertiary/aromatic N) is 1. The molecule has 5 heteroatoms. The minimum atomic E-state index is 0.0976. The summed E-state index contributed by atoms with van der Waals surface area (Å²) in [5.74, 6) is 0.621. The van der Waals surface area contributed by atoms with Crippen molar-refractivity contribution in [1.82, 2.24) is 10.2 Å². The SMILES string of the molecule is O=C(NCC(c1ccccc1)N1CCOCC1)C1CC1c1cccc(Br)c1. The fourth-order valence-electron chi connectivity index (χ4n) is 3.94. The molecule has 1 aliphatic carbocycles. The Morgan fingerprint density at radius 2 is 1.93 bits per heavy atom.